The minimum Gasteiger partial charge on any atom is -0.321 e. The lowest BCUT2D eigenvalue weighted by Gasteiger charge is -2.07. The average Bonchev–Trinajstić information content (AvgIpc) is 2.20. The van der Waals surface area contributed by atoms with E-state index in [1.807, 2.05) is 6.92 Å². The molecule has 1 aromatic carbocycles. The zero-order valence-electron chi connectivity index (χ0n) is 8.38. The lowest BCUT2D eigenvalue weighted by atomic mass is 10.0. The van der Waals surface area contributed by atoms with Crippen molar-refractivity contribution in [2.75, 3.05) is 0 Å². The fourth-order valence-corrected chi connectivity index (χ4v) is 1.15. The number of carbonyl (C=O) groups is 1. The van der Waals surface area contributed by atoms with Crippen LogP contribution in [0, 0.1) is 12.7 Å². The molecule has 1 atom stereocenters. The van der Waals surface area contributed by atoms with Crippen molar-refractivity contribution in [2.24, 2.45) is 5.73 Å². The monoisotopic (exact) mass is 195 g/mol. The number of benzene rings is 1. The van der Waals surface area contributed by atoms with Crippen molar-refractivity contribution in [1.82, 2.24) is 0 Å². The first-order valence-electron chi connectivity index (χ1n) is 4.62. The second-order valence-corrected chi connectivity index (χ2v) is 3.34. The van der Waals surface area contributed by atoms with E-state index in [-0.39, 0.29) is 11.6 Å². The summed E-state index contributed by atoms with van der Waals surface area (Å²) in [5.74, 6) is -0.564. The molecule has 0 aliphatic rings. The molecule has 14 heavy (non-hydrogen) atoms. The molecule has 0 aliphatic carbocycles. The van der Waals surface area contributed by atoms with E-state index in [0.29, 0.717) is 17.5 Å². The Morgan fingerprint density at radius 3 is 2.71 bits per heavy atom. The van der Waals surface area contributed by atoms with E-state index in [0.717, 1.165) is 0 Å². The zero-order chi connectivity index (χ0) is 10.7. The van der Waals surface area contributed by atoms with Crippen LogP contribution in [0.25, 0.3) is 0 Å². The topological polar surface area (TPSA) is 43.1 Å². The van der Waals surface area contributed by atoms with Gasteiger partial charge in [-0.05, 0) is 25.0 Å². The summed E-state index contributed by atoms with van der Waals surface area (Å²) in [6, 6.07) is 3.91. The maximum atomic E-state index is 13.1. The van der Waals surface area contributed by atoms with Gasteiger partial charge in [0.15, 0.2) is 5.78 Å². The molecule has 0 saturated heterocycles. The molecule has 0 radical (unpaired) electrons. The van der Waals surface area contributed by atoms with Crippen molar-refractivity contribution in [2.45, 2.75) is 26.3 Å². The van der Waals surface area contributed by atoms with Crippen LogP contribution in [0.3, 0.4) is 0 Å². The van der Waals surface area contributed by atoms with Gasteiger partial charge in [-0.25, -0.2) is 4.39 Å². The highest BCUT2D eigenvalue weighted by molar-refractivity contribution is 5.99. The quantitative estimate of drug-likeness (QED) is 0.750. The second-order valence-electron chi connectivity index (χ2n) is 3.34. The summed E-state index contributed by atoms with van der Waals surface area (Å²) in [5, 5.41) is 0. The van der Waals surface area contributed by atoms with E-state index < -0.39 is 6.04 Å². The number of Topliss-reactive ketones (excluding diaryl/α,β-unsaturated/α-hetero) is 1. The van der Waals surface area contributed by atoms with Gasteiger partial charge in [0.2, 0.25) is 0 Å². The van der Waals surface area contributed by atoms with Crippen LogP contribution < -0.4 is 5.73 Å². The Morgan fingerprint density at radius 2 is 2.21 bits per heavy atom. The van der Waals surface area contributed by atoms with E-state index in [4.69, 9.17) is 5.73 Å². The first kappa shape index (κ1) is 10.9. The summed E-state index contributed by atoms with van der Waals surface area (Å²) in [7, 11) is 0. The number of nitrogens with two attached hydrogens (primary N) is 1. The van der Waals surface area contributed by atoms with Crippen LogP contribution in [0.15, 0.2) is 18.2 Å². The third kappa shape index (κ3) is 2.17. The Balaban J connectivity index is 2.97. The van der Waals surface area contributed by atoms with Crippen LogP contribution in [0.1, 0.15) is 29.3 Å². The molecule has 1 aromatic rings. The van der Waals surface area contributed by atoms with E-state index in [9.17, 15) is 9.18 Å². The van der Waals surface area contributed by atoms with Crippen molar-refractivity contribution < 1.29 is 9.18 Å². The summed E-state index contributed by atoms with van der Waals surface area (Å²) in [6.45, 7) is 3.48. The third-order valence-corrected chi connectivity index (χ3v) is 2.23. The van der Waals surface area contributed by atoms with Crippen LogP contribution in [0.2, 0.25) is 0 Å². The molecule has 0 aromatic heterocycles. The molecule has 0 fully saturated rings. The zero-order valence-corrected chi connectivity index (χ0v) is 8.38. The highest BCUT2D eigenvalue weighted by atomic mass is 19.1. The minimum absolute atomic E-state index is 0.202. The molecule has 0 amide bonds. The molecule has 76 valence electrons. The highest BCUT2D eigenvalue weighted by Gasteiger charge is 2.14. The van der Waals surface area contributed by atoms with Gasteiger partial charge in [0, 0.05) is 5.56 Å². The van der Waals surface area contributed by atoms with Crippen molar-refractivity contribution in [3.05, 3.63) is 35.1 Å². The van der Waals surface area contributed by atoms with Gasteiger partial charge in [0.05, 0.1) is 6.04 Å². The first-order valence-corrected chi connectivity index (χ1v) is 4.62. The molecule has 0 spiro atoms. The third-order valence-electron chi connectivity index (χ3n) is 2.23. The normalized spacial score (nSPS) is 12.6. The van der Waals surface area contributed by atoms with Gasteiger partial charge in [-0.2, -0.15) is 0 Å². The van der Waals surface area contributed by atoms with Gasteiger partial charge in [0.1, 0.15) is 5.82 Å². The van der Waals surface area contributed by atoms with Gasteiger partial charge in [0.25, 0.3) is 0 Å². The summed E-state index contributed by atoms with van der Waals surface area (Å²) < 4.78 is 13.1. The molecular weight excluding hydrogens is 181 g/mol. The average molecular weight is 195 g/mol. The van der Waals surface area contributed by atoms with Gasteiger partial charge in [-0.1, -0.05) is 19.1 Å². The number of hydrogen-bond acceptors (Lipinski definition) is 2. The van der Waals surface area contributed by atoms with Crippen LogP contribution in [-0.2, 0) is 0 Å². The van der Waals surface area contributed by atoms with E-state index in [1.165, 1.54) is 6.07 Å². The number of carbonyl (C=O) groups excluding carboxylic acids is 1. The van der Waals surface area contributed by atoms with E-state index in [1.54, 1.807) is 19.1 Å². The lowest BCUT2D eigenvalue weighted by molar-refractivity contribution is 0.0959. The fourth-order valence-electron chi connectivity index (χ4n) is 1.15. The van der Waals surface area contributed by atoms with Crippen LogP contribution in [-0.4, -0.2) is 11.8 Å². The second kappa shape index (κ2) is 4.33. The molecule has 1 unspecified atom stereocenters. The standard InChI is InChI=1S/C11H14FNO/c1-3-10(13)11(14)8-5-4-7(2)9(12)6-8/h4-6,10H,3,13H2,1-2H3. The van der Waals surface area contributed by atoms with Crippen molar-refractivity contribution in [3.63, 3.8) is 0 Å². The van der Waals surface area contributed by atoms with Gasteiger partial charge in [-0.15, -0.1) is 0 Å². The molecular formula is C11H14FNO. The Labute approximate surface area is 82.9 Å². The van der Waals surface area contributed by atoms with Gasteiger partial charge < -0.3 is 5.73 Å². The molecule has 1 rings (SSSR count). The number of rotatable bonds is 3. The smallest absolute Gasteiger partial charge is 0.179 e. The fraction of sp³-hybridized carbons (Fsp3) is 0.364. The number of ketones is 1. The maximum Gasteiger partial charge on any atom is 0.179 e. The van der Waals surface area contributed by atoms with Gasteiger partial charge in [-0.3, -0.25) is 4.79 Å². The number of halogens is 1. The summed E-state index contributed by atoms with van der Waals surface area (Å²) in [4.78, 5) is 11.5. The summed E-state index contributed by atoms with van der Waals surface area (Å²) in [6.07, 6.45) is 0.564. The molecule has 3 heteroatoms. The number of hydrogen-bond donors (Lipinski definition) is 1. The maximum absolute atomic E-state index is 13.1. The van der Waals surface area contributed by atoms with Gasteiger partial charge >= 0.3 is 0 Å². The molecule has 2 N–H and O–H groups in total. The van der Waals surface area contributed by atoms with E-state index >= 15 is 0 Å². The Morgan fingerprint density at radius 1 is 1.57 bits per heavy atom. The van der Waals surface area contributed by atoms with Crippen LogP contribution >= 0.6 is 0 Å². The molecule has 2 nitrogen and oxygen atoms in total. The van der Waals surface area contributed by atoms with Crippen molar-refractivity contribution in [3.8, 4) is 0 Å². The van der Waals surface area contributed by atoms with Crippen molar-refractivity contribution >= 4 is 5.78 Å². The predicted molar refractivity (Wildman–Crippen MR) is 53.7 cm³/mol. The van der Waals surface area contributed by atoms with Crippen LogP contribution in [0.5, 0.6) is 0 Å². The first-order chi connectivity index (χ1) is 6.56. The molecule has 0 saturated carbocycles. The largest absolute Gasteiger partial charge is 0.321 e. The molecule has 0 bridgehead atoms. The summed E-state index contributed by atoms with van der Waals surface area (Å²) in [5.41, 5.74) is 6.45. The number of aryl methyl sites for hydroxylation is 1. The molecule has 0 aliphatic heterocycles. The Kier molecular flexibility index (Phi) is 3.36. The predicted octanol–water partition coefficient (Wildman–Crippen LogP) is 2.05. The van der Waals surface area contributed by atoms with Crippen molar-refractivity contribution in [1.29, 1.82) is 0 Å². The Hall–Kier alpha value is -1.22. The summed E-state index contributed by atoms with van der Waals surface area (Å²) >= 11 is 0. The Bertz CT molecular complexity index is 349. The van der Waals surface area contributed by atoms with E-state index in [2.05, 4.69) is 0 Å². The minimum atomic E-state index is -0.530. The highest BCUT2D eigenvalue weighted by Crippen LogP contribution is 2.11. The molecule has 0 heterocycles. The lowest BCUT2D eigenvalue weighted by Crippen LogP contribution is -2.29. The SMILES string of the molecule is CCC(N)C(=O)c1ccc(C)c(F)c1. The van der Waals surface area contributed by atoms with Crippen LogP contribution in [0.4, 0.5) is 4.39 Å².